The third-order valence-electron chi connectivity index (χ3n) is 6.96. The van der Waals surface area contributed by atoms with E-state index in [9.17, 15) is 0 Å². The van der Waals surface area contributed by atoms with Crippen molar-refractivity contribution >= 4 is 22.9 Å². The maximum atomic E-state index is 6.10. The van der Waals surface area contributed by atoms with Crippen LogP contribution in [0.2, 0.25) is 0 Å². The first-order valence-electron chi connectivity index (χ1n) is 11.6. The van der Waals surface area contributed by atoms with E-state index in [1.54, 1.807) is 7.11 Å². The van der Waals surface area contributed by atoms with E-state index in [4.69, 9.17) is 19.2 Å². The number of aromatic nitrogens is 2. The summed E-state index contributed by atoms with van der Waals surface area (Å²) in [5.41, 5.74) is 4.18. The van der Waals surface area contributed by atoms with Crippen molar-refractivity contribution < 1.29 is 14.2 Å². The normalized spacial score (nSPS) is 24.3. The number of methoxy groups -OCH3 is 1. The van der Waals surface area contributed by atoms with E-state index in [2.05, 4.69) is 27.3 Å². The fraction of sp³-hybridized carbons (Fsp3) is 0.583. The second-order valence-electron chi connectivity index (χ2n) is 9.19. The number of nitrogens with one attached hydrogen (secondary N) is 2. The fourth-order valence-electron chi connectivity index (χ4n) is 5.23. The molecule has 1 spiro atoms. The van der Waals surface area contributed by atoms with E-state index in [-0.39, 0.29) is 17.9 Å². The number of rotatable bonds is 6. The highest BCUT2D eigenvalue weighted by molar-refractivity contribution is 5.94. The molecule has 0 saturated carbocycles. The van der Waals surface area contributed by atoms with E-state index in [0.717, 1.165) is 60.6 Å². The fourth-order valence-corrected chi connectivity index (χ4v) is 5.23. The summed E-state index contributed by atoms with van der Waals surface area (Å²) < 4.78 is 17.3. The minimum absolute atomic E-state index is 0.0238. The lowest BCUT2D eigenvalue weighted by molar-refractivity contribution is -0.0477. The van der Waals surface area contributed by atoms with Gasteiger partial charge in [0.1, 0.15) is 23.7 Å². The van der Waals surface area contributed by atoms with Crippen LogP contribution in [-0.4, -0.2) is 72.7 Å². The highest BCUT2D eigenvalue weighted by Crippen LogP contribution is 2.38. The lowest BCUT2D eigenvalue weighted by Crippen LogP contribution is -2.49. The summed E-state index contributed by atoms with van der Waals surface area (Å²) in [6, 6.07) is 6.02. The first kappa shape index (κ1) is 21.4. The predicted molar refractivity (Wildman–Crippen MR) is 125 cm³/mol. The summed E-state index contributed by atoms with van der Waals surface area (Å²) in [6.07, 6.45) is 6.37. The van der Waals surface area contributed by atoms with Gasteiger partial charge in [-0.15, -0.1) is 0 Å². The van der Waals surface area contributed by atoms with Crippen molar-refractivity contribution in [2.24, 2.45) is 4.99 Å². The van der Waals surface area contributed by atoms with Crippen molar-refractivity contribution in [2.45, 2.75) is 57.4 Å². The smallest absolute Gasteiger partial charge is 0.127 e. The summed E-state index contributed by atoms with van der Waals surface area (Å²) in [6.45, 7) is 7.62. The largest absolute Gasteiger partial charge is 0.488 e. The van der Waals surface area contributed by atoms with Crippen LogP contribution in [0.3, 0.4) is 0 Å². The van der Waals surface area contributed by atoms with Gasteiger partial charge in [0.25, 0.3) is 0 Å². The molecule has 3 aliphatic rings. The van der Waals surface area contributed by atoms with Crippen molar-refractivity contribution in [3.63, 3.8) is 0 Å². The SMILES string of the molecule is COCC(C)Oc1ccc2[nH]nc(C3=C(C)C(N4CCC5(CCCO5)CC4)N=CN3)c2c1. The summed E-state index contributed by atoms with van der Waals surface area (Å²) in [5, 5.41) is 12.2. The molecule has 172 valence electrons. The molecule has 2 atom stereocenters. The van der Waals surface area contributed by atoms with Gasteiger partial charge >= 0.3 is 0 Å². The first-order valence-corrected chi connectivity index (χ1v) is 11.6. The molecule has 1 aromatic carbocycles. The molecule has 2 aromatic rings. The molecule has 8 nitrogen and oxygen atoms in total. The zero-order valence-electron chi connectivity index (χ0n) is 19.2. The molecule has 2 N–H and O–H groups in total. The summed E-state index contributed by atoms with van der Waals surface area (Å²) >= 11 is 0. The number of aromatic amines is 1. The maximum absolute atomic E-state index is 6.10. The van der Waals surface area contributed by atoms with Crippen molar-refractivity contribution in [1.82, 2.24) is 20.4 Å². The Bertz CT molecular complexity index is 1010. The molecule has 0 amide bonds. The third-order valence-corrected chi connectivity index (χ3v) is 6.96. The number of aliphatic imine (C=N–C) groups is 1. The summed E-state index contributed by atoms with van der Waals surface area (Å²) in [7, 11) is 1.68. The molecule has 4 heterocycles. The van der Waals surface area contributed by atoms with Crippen molar-refractivity contribution in [3.05, 3.63) is 29.5 Å². The lowest BCUT2D eigenvalue weighted by atomic mass is 9.88. The standard InChI is InChI=1S/C24H33N5O3/c1-16(14-30-3)32-18-5-6-20-19(13-18)22(28-27-20)21-17(2)23(26-15-25-21)29-10-8-24(9-11-29)7-4-12-31-24/h5-6,13,15-16,23H,4,7-12,14H2,1-3H3,(H,25,26)(H,27,28). The number of hydrogen-bond acceptors (Lipinski definition) is 7. The van der Waals surface area contributed by atoms with Gasteiger partial charge in [-0.2, -0.15) is 5.10 Å². The zero-order valence-corrected chi connectivity index (χ0v) is 19.2. The predicted octanol–water partition coefficient (Wildman–Crippen LogP) is 3.31. The highest BCUT2D eigenvalue weighted by Gasteiger charge is 2.40. The Kier molecular flexibility index (Phi) is 5.92. The minimum atomic E-state index is -0.0238. The van der Waals surface area contributed by atoms with E-state index in [1.165, 1.54) is 18.4 Å². The quantitative estimate of drug-likeness (QED) is 0.719. The summed E-state index contributed by atoms with van der Waals surface area (Å²) in [4.78, 5) is 7.25. The van der Waals surface area contributed by atoms with E-state index < -0.39 is 0 Å². The van der Waals surface area contributed by atoms with Gasteiger partial charge in [-0.05, 0) is 63.3 Å². The van der Waals surface area contributed by atoms with Gasteiger partial charge in [0.2, 0.25) is 0 Å². The number of ether oxygens (including phenoxy) is 3. The molecule has 0 radical (unpaired) electrons. The summed E-state index contributed by atoms with van der Waals surface area (Å²) in [5.74, 6) is 0.807. The Labute approximate surface area is 189 Å². The Morgan fingerprint density at radius 3 is 2.88 bits per heavy atom. The number of hydrogen-bond donors (Lipinski definition) is 2. The number of benzene rings is 1. The van der Waals surface area contributed by atoms with E-state index in [1.807, 2.05) is 31.5 Å². The number of piperidine rings is 1. The molecule has 5 rings (SSSR count). The Balaban J connectivity index is 1.38. The number of likely N-dealkylation sites (tertiary alicyclic amines) is 1. The Hall–Kier alpha value is -2.42. The average molecular weight is 440 g/mol. The van der Waals surface area contributed by atoms with Crippen LogP contribution in [0.15, 0.2) is 28.8 Å². The van der Waals surface area contributed by atoms with Crippen LogP contribution in [0.5, 0.6) is 5.75 Å². The van der Waals surface area contributed by atoms with Crippen LogP contribution in [0.1, 0.15) is 45.2 Å². The number of H-pyrrole nitrogens is 1. The van der Waals surface area contributed by atoms with Gasteiger partial charge in [0, 0.05) is 32.2 Å². The van der Waals surface area contributed by atoms with Crippen LogP contribution in [0, 0.1) is 0 Å². The van der Waals surface area contributed by atoms with Gasteiger partial charge in [0.05, 0.1) is 29.8 Å². The highest BCUT2D eigenvalue weighted by atomic mass is 16.5. The first-order chi connectivity index (χ1) is 15.6. The molecule has 2 fully saturated rings. The average Bonchev–Trinajstić information content (AvgIpc) is 3.42. The van der Waals surface area contributed by atoms with Crippen LogP contribution in [0.25, 0.3) is 16.6 Å². The lowest BCUT2D eigenvalue weighted by Gasteiger charge is -2.42. The minimum Gasteiger partial charge on any atom is -0.488 e. The number of fused-ring (bicyclic) bond motifs is 1. The maximum Gasteiger partial charge on any atom is 0.127 e. The van der Waals surface area contributed by atoms with Gasteiger partial charge in [-0.3, -0.25) is 15.0 Å². The molecule has 0 aliphatic carbocycles. The monoisotopic (exact) mass is 439 g/mol. The number of nitrogens with zero attached hydrogens (tertiary/aromatic N) is 3. The van der Waals surface area contributed by atoms with Gasteiger partial charge in [0.15, 0.2) is 0 Å². The molecule has 3 aliphatic heterocycles. The van der Waals surface area contributed by atoms with Gasteiger partial charge in [-0.25, -0.2) is 0 Å². The molecule has 2 unspecified atom stereocenters. The Morgan fingerprint density at radius 1 is 1.28 bits per heavy atom. The Morgan fingerprint density at radius 2 is 2.12 bits per heavy atom. The topological polar surface area (TPSA) is 84.0 Å². The van der Waals surface area contributed by atoms with Crippen LogP contribution >= 0.6 is 0 Å². The van der Waals surface area contributed by atoms with E-state index in [0.29, 0.717) is 6.61 Å². The molecule has 2 saturated heterocycles. The second kappa shape index (κ2) is 8.84. The second-order valence-corrected chi connectivity index (χ2v) is 9.19. The molecule has 8 heteroatoms. The third kappa shape index (κ3) is 4.02. The van der Waals surface area contributed by atoms with Gasteiger partial charge in [-0.1, -0.05) is 0 Å². The van der Waals surface area contributed by atoms with Gasteiger partial charge < -0.3 is 19.5 Å². The van der Waals surface area contributed by atoms with Crippen LogP contribution < -0.4 is 10.1 Å². The van der Waals surface area contributed by atoms with Crippen LogP contribution in [0.4, 0.5) is 0 Å². The van der Waals surface area contributed by atoms with Crippen molar-refractivity contribution in [1.29, 1.82) is 0 Å². The van der Waals surface area contributed by atoms with Crippen LogP contribution in [-0.2, 0) is 9.47 Å². The molecule has 0 bridgehead atoms. The van der Waals surface area contributed by atoms with Crippen molar-refractivity contribution in [2.75, 3.05) is 33.4 Å². The molecule has 1 aromatic heterocycles. The van der Waals surface area contributed by atoms with Crippen molar-refractivity contribution in [3.8, 4) is 5.75 Å². The molecular weight excluding hydrogens is 406 g/mol. The molecular formula is C24H33N5O3. The molecule has 32 heavy (non-hydrogen) atoms. The zero-order chi connectivity index (χ0) is 22.1. The van der Waals surface area contributed by atoms with E-state index >= 15 is 0 Å².